The van der Waals surface area contributed by atoms with Gasteiger partial charge in [-0.05, 0) is 43.9 Å². The van der Waals surface area contributed by atoms with E-state index >= 15 is 0 Å². The second-order valence-electron chi connectivity index (χ2n) is 5.59. The fourth-order valence-electron chi connectivity index (χ4n) is 2.36. The Balaban J connectivity index is 2.10. The van der Waals surface area contributed by atoms with E-state index < -0.39 is 0 Å². The molecule has 0 aliphatic heterocycles. The van der Waals surface area contributed by atoms with Crippen molar-refractivity contribution in [1.82, 2.24) is 4.90 Å². The lowest BCUT2D eigenvalue weighted by atomic mass is 10.1. The molecule has 0 radical (unpaired) electrons. The van der Waals surface area contributed by atoms with Crippen molar-refractivity contribution >= 4 is 23.5 Å². The summed E-state index contributed by atoms with van der Waals surface area (Å²) >= 11 is 5.95. The Bertz CT molecular complexity index is 572. The molecule has 0 atom stereocenters. The molecule has 1 fully saturated rings. The van der Waals surface area contributed by atoms with Gasteiger partial charge in [-0.3, -0.25) is 9.59 Å². The quantitative estimate of drug-likeness (QED) is 0.683. The third-order valence-electron chi connectivity index (χ3n) is 3.75. The minimum absolute atomic E-state index is 0.144. The first-order valence-electron chi connectivity index (χ1n) is 7.83. The van der Waals surface area contributed by atoms with Crippen molar-refractivity contribution in [2.45, 2.75) is 26.2 Å². The monoisotopic (exact) mass is 339 g/mol. The molecule has 1 aromatic rings. The maximum atomic E-state index is 12.8. The first kappa shape index (κ1) is 17.6. The Kier molecular flexibility index (Phi) is 6.28. The maximum Gasteiger partial charge on any atom is 0.307 e. The van der Waals surface area contributed by atoms with E-state index in [-0.39, 0.29) is 18.3 Å². The van der Waals surface area contributed by atoms with Gasteiger partial charge in [0.05, 0.1) is 25.7 Å². The zero-order chi connectivity index (χ0) is 16.8. The first-order valence-corrected chi connectivity index (χ1v) is 8.21. The fourth-order valence-corrected chi connectivity index (χ4v) is 2.52. The number of carbonyl (C=O) groups is 2. The normalized spacial score (nSPS) is 13.5. The summed E-state index contributed by atoms with van der Waals surface area (Å²) < 4.78 is 10.2. The number of esters is 1. The molecule has 0 bridgehead atoms. The summed E-state index contributed by atoms with van der Waals surface area (Å²) in [6.07, 6.45) is 2.45. The van der Waals surface area contributed by atoms with Crippen molar-refractivity contribution in [2.24, 2.45) is 5.92 Å². The minimum atomic E-state index is -0.288. The van der Waals surface area contributed by atoms with Gasteiger partial charge in [0.25, 0.3) is 5.91 Å². The van der Waals surface area contributed by atoms with Crippen LogP contribution in [0.15, 0.2) is 18.2 Å². The van der Waals surface area contributed by atoms with Crippen LogP contribution in [0.25, 0.3) is 0 Å². The van der Waals surface area contributed by atoms with Gasteiger partial charge in [-0.1, -0.05) is 11.6 Å². The molecule has 1 amide bonds. The van der Waals surface area contributed by atoms with E-state index in [0.717, 1.165) is 12.8 Å². The van der Waals surface area contributed by atoms with Crippen molar-refractivity contribution < 1.29 is 19.1 Å². The number of amides is 1. The Morgan fingerprint density at radius 1 is 1.35 bits per heavy atom. The Hall–Kier alpha value is -1.75. The molecule has 0 N–H and O–H groups in total. The highest BCUT2D eigenvalue weighted by molar-refractivity contribution is 6.30. The number of methoxy groups -OCH3 is 1. The second-order valence-corrected chi connectivity index (χ2v) is 6.03. The van der Waals surface area contributed by atoms with Crippen LogP contribution in [0, 0.1) is 5.92 Å². The highest BCUT2D eigenvalue weighted by Gasteiger charge is 2.28. The number of hydrogen-bond donors (Lipinski definition) is 0. The van der Waals surface area contributed by atoms with Gasteiger partial charge in [0.15, 0.2) is 0 Å². The summed E-state index contributed by atoms with van der Waals surface area (Å²) in [5.74, 6) is 0.540. The first-order chi connectivity index (χ1) is 11.0. The lowest BCUT2D eigenvalue weighted by Gasteiger charge is -2.23. The SMILES string of the molecule is CCOC(=O)CCN(CC1CC1)C(=O)c1ccc(Cl)cc1OC. The average molecular weight is 340 g/mol. The number of benzene rings is 1. The summed E-state index contributed by atoms with van der Waals surface area (Å²) in [4.78, 5) is 26.1. The van der Waals surface area contributed by atoms with E-state index in [9.17, 15) is 9.59 Å². The standard InChI is InChI=1S/C17H22ClNO4/c1-3-23-16(20)8-9-19(11-12-4-5-12)17(21)14-7-6-13(18)10-15(14)22-2/h6-7,10,12H,3-5,8-9,11H2,1-2H3. The van der Waals surface area contributed by atoms with Gasteiger partial charge in [-0.15, -0.1) is 0 Å². The topological polar surface area (TPSA) is 55.8 Å². The van der Waals surface area contributed by atoms with Crippen LogP contribution in [-0.2, 0) is 9.53 Å². The van der Waals surface area contributed by atoms with Gasteiger partial charge in [-0.2, -0.15) is 0 Å². The number of carbonyl (C=O) groups excluding carboxylic acids is 2. The molecule has 1 saturated carbocycles. The molecule has 0 unspecified atom stereocenters. The highest BCUT2D eigenvalue weighted by Crippen LogP contribution is 2.31. The zero-order valence-corrected chi connectivity index (χ0v) is 14.3. The van der Waals surface area contributed by atoms with Gasteiger partial charge < -0.3 is 14.4 Å². The molecule has 2 rings (SSSR count). The predicted octanol–water partition coefficient (Wildman–Crippen LogP) is 3.15. The van der Waals surface area contributed by atoms with Crippen molar-refractivity contribution in [3.05, 3.63) is 28.8 Å². The molecule has 0 saturated heterocycles. The highest BCUT2D eigenvalue weighted by atomic mass is 35.5. The Morgan fingerprint density at radius 2 is 2.09 bits per heavy atom. The number of ether oxygens (including phenoxy) is 2. The van der Waals surface area contributed by atoms with Gasteiger partial charge in [0, 0.05) is 18.1 Å². The molecular formula is C17H22ClNO4. The predicted molar refractivity (Wildman–Crippen MR) is 87.9 cm³/mol. The van der Waals surface area contributed by atoms with Crippen LogP contribution < -0.4 is 4.74 Å². The van der Waals surface area contributed by atoms with Crippen molar-refractivity contribution in [2.75, 3.05) is 26.8 Å². The van der Waals surface area contributed by atoms with Gasteiger partial charge in [0.1, 0.15) is 5.75 Å². The molecule has 126 valence electrons. The summed E-state index contributed by atoms with van der Waals surface area (Å²) in [5.41, 5.74) is 0.460. The fraction of sp³-hybridized carbons (Fsp3) is 0.529. The molecule has 6 heteroatoms. The summed E-state index contributed by atoms with van der Waals surface area (Å²) in [6.45, 7) is 3.12. The number of halogens is 1. The van der Waals surface area contributed by atoms with E-state index in [1.54, 1.807) is 30.0 Å². The van der Waals surface area contributed by atoms with Gasteiger partial charge in [0.2, 0.25) is 0 Å². The molecule has 1 aromatic carbocycles. The van der Waals surface area contributed by atoms with Crippen LogP contribution in [0.3, 0.4) is 0 Å². The molecule has 0 aromatic heterocycles. The molecule has 1 aliphatic rings. The van der Waals surface area contributed by atoms with E-state index in [1.807, 2.05) is 0 Å². The van der Waals surface area contributed by atoms with Crippen LogP contribution in [-0.4, -0.2) is 43.6 Å². The average Bonchev–Trinajstić information content (AvgIpc) is 3.35. The zero-order valence-electron chi connectivity index (χ0n) is 13.5. The molecule has 1 aliphatic carbocycles. The van der Waals surface area contributed by atoms with E-state index in [1.165, 1.54) is 7.11 Å². The van der Waals surface area contributed by atoms with Crippen LogP contribution in [0.4, 0.5) is 0 Å². The van der Waals surface area contributed by atoms with Crippen LogP contribution in [0.1, 0.15) is 36.5 Å². The molecule has 5 nitrogen and oxygen atoms in total. The third kappa shape index (κ3) is 5.13. The van der Waals surface area contributed by atoms with E-state index in [0.29, 0.717) is 41.9 Å². The Morgan fingerprint density at radius 3 is 2.70 bits per heavy atom. The minimum Gasteiger partial charge on any atom is -0.496 e. The smallest absolute Gasteiger partial charge is 0.307 e. The maximum absolute atomic E-state index is 12.8. The number of nitrogens with zero attached hydrogens (tertiary/aromatic N) is 1. The van der Waals surface area contributed by atoms with Gasteiger partial charge >= 0.3 is 5.97 Å². The van der Waals surface area contributed by atoms with Crippen molar-refractivity contribution in [3.63, 3.8) is 0 Å². The molecule has 0 heterocycles. The van der Waals surface area contributed by atoms with Crippen LogP contribution >= 0.6 is 11.6 Å². The Labute approximate surface area is 141 Å². The third-order valence-corrected chi connectivity index (χ3v) is 3.98. The van der Waals surface area contributed by atoms with E-state index in [2.05, 4.69) is 0 Å². The molecular weight excluding hydrogens is 318 g/mol. The second kappa shape index (κ2) is 8.20. The molecule has 0 spiro atoms. The summed E-state index contributed by atoms with van der Waals surface area (Å²) in [5, 5.41) is 0.513. The van der Waals surface area contributed by atoms with Gasteiger partial charge in [-0.25, -0.2) is 0 Å². The largest absolute Gasteiger partial charge is 0.496 e. The van der Waals surface area contributed by atoms with Crippen molar-refractivity contribution in [3.8, 4) is 5.75 Å². The van der Waals surface area contributed by atoms with E-state index in [4.69, 9.17) is 21.1 Å². The van der Waals surface area contributed by atoms with Crippen LogP contribution in [0.2, 0.25) is 5.02 Å². The van der Waals surface area contributed by atoms with Crippen molar-refractivity contribution in [1.29, 1.82) is 0 Å². The van der Waals surface area contributed by atoms with Crippen LogP contribution in [0.5, 0.6) is 5.75 Å². The summed E-state index contributed by atoms with van der Waals surface area (Å²) in [6, 6.07) is 4.95. The number of rotatable bonds is 8. The number of hydrogen-bond acceptors (Lipinski definition) is 4. The lowest BCUT2D eigenvalue weighted by molar-refractivity contribution is -0.143. The molecule has 23 heavy (non-hydrogen) atoms. The lowest BCUT2D eigenvalue weighted by Crippen LogP contribution is -2.35. The summed E-state index contributed by atoms with van der Waals surface area (Å²) in [7, 11) is 1.51.